The lowest BCUT2D eigenvalue weighted by Gasteiger charge is -2.15. The molecule has 96 valence electrons. The first-order chi connectivity index (χ1) is 7.57. The Morgan fingerprint density at radius 3 is 1.76 bits per heavy atom. The van der Waals surface area contributed by atoms with E-state index in [1.165, 1.54) is 0 Å². The van der Waals surface area contributed by atoms with Crippen LogP contribution in [-0.4, -0.2) is 12.7 Å². The summed E-state index contributed by atoms with van der Waals surface area (Å²) in [6.07, 6.45) is -10.2. The molecule has 0 aliphatic rings. The van der Waals surface area contributed by atoms with E-state index in [1.54, 1.807) is 22.6 Å². The quantitative estimate of drug-likeness (QED) is 0.575. The number of alkyl halides is 6. The summed E-state index contributed by atoms with van der Waals surface area (Å²) in [6, 6.07) is 2.69. The highest BCUT2D eigenvalue weighted by molar-refractivity contribution is 14.1. The molecular weight excluding hydrogens is 369 g/mol. The van der Waals surface area contributed by atoms with Crippen LogP contribution < -0.4 is 9.47 Å². The molecule has 9 heteroatoms. The molecule has 0 radical (unpaired) electrons. The fourth-order valence-electron chi connectivity index (χ4n) is 0.895. The van der Waals surface area contributed by atoms with Crippen molar-refractivity contribution in [2.45, 2.75) is 12.7 Å². The second kappa shape index (κ2) is 4.78. The number of ether oxygens (including phenoxy) is 2. The Morgan fingerprint density at radius 2 is 1.29 bits per heavy atom. The number of hydrogen-bond acceptors (Lipinski definition) is 2. The van der Waals surface area contributed by atoms with Gasteiger partial charge in [0.15, 0.2) is 11.5 Å². The maximum absolute atomic E-state index is 11.9. The third-order valence-electron chi connectivity index (χ3n) is 1.36. The van der Waals surface area contributed by atoms with Gasteiger partial charge >= 0.3 is 12.7 Å². The lowest BCUT2D eigenvalue weighted by Crippen LogP contribution is -2.21. The standard InChI is InChI=1S/C8H3F6IO2/c9-7(10,11)16-5-2-1-4(15)3-6(5)17-8(12,13)14/h1-3H. The van der Waals surface area contributed by atoms with Gasteiger partial charge in [-0.15, -0.1) is 26.3 Å². The van der Waals surface area contributed by atoms with Crippen LogP contribution >= 0.6 is 22.6 Å². The summed E-state index contributed by atoms with van der Waals surface area (Å²) in [5.41, 5.74) is 0. The Hall–Kier alpha value is -0.870. The zero-order valence-electron chi connectivity index (χ0n) is 7.69. The van der Waals surface area contributed by atoms with E-state index in [0.717, 1.165) is 18.2 Å². The summed E-state index contributed by atoms with van der Waals surface area (Å²) in [7, 11) is 0. The minimum atomic E-state index is -5.09. The SMILES string of the molecule is FC(F)(F)Oc1ccc(I)cc1OC(F)(F)F. The Morgan fingerprint density at radius 1 is 0.824 bits per heavy atom. The first-order valence-corrected chi connectivity index (χ1v) is 4.96. The van der Waals surface area contributed by atoms with Crippen molar-refractivity contribution in [2.24, 2.45) is 0 Å². The van der Waals surface area contributed by atoms with Crippen molar-refractivity contribution in [2.75, 3.05) is 0 Å². The van der Waals surface area contributed by atoms with Gasteiger partial charge in [-0.3, -0.25) is 0 Å². The molecule has 0 bridgehead atoms. The van der Waals surface area contributed by atoms with Gasteiger partial charge in [-0.25, -0.2) is 0 Å². The predicted octanol–water partition coefficient (Wildman–Crippen LogP) is 4.09. The molecule has 0 N–H and O–H groups in total. The molecule has 0 spiro atoms. The fourth-order valence-corrected chi connectivity index (χ4v) is 1.36. The molecule has 0 aliphatic carbocycles. The minimum absolute atomic E-state index is 0.274. The normalized spacial score (nSPS) is 12.4. The monoisotopic (exact) mass is 372 g/mol. The summed E-state index contributed by atoms with van der Waals surface area (Å²) in [5, 5.41) is 0. The van der Waals surface area contributed by atoms with E-state index in [2.05, 4.69) is 9.47 Å². The van der Waals surface area contributed by atoms with Gasteiger partial charge in [-0.05, 0) is 40.8 Å². The third-order valence-corrected chi connectivity index (χ3v) is 2.03. The molecule has 2 nitrogen and oxygen atoms in total. The number of hydrogen-bond donors (Lipinski definition) is 0. The zero-order chi connectivity index (χ0) is 13.3. The highest BCUT2D eigenvalue weighted by atomic mass is 127. The van der Waals surface area contributed by atoms with Gasteiger partial charge in [0.25, 0.3) is 0 Å². The highest BCUT2D eigenvalue weighted by Gasteiger charge is 2.36. The van der Waals surface area contributed by atoms with E-state index >= 15 is 0 Å². The van der Waals surface area contributed by atoms with E-state index in [0.29, 0.717) is 0 Å². The average molecular weight is 372 g/mol. The summed E-state index contributed by atoms with van der Waals surface area (Å²) in [5.74, 6) is -2.09. The van der Waals surface area contributed by atoms with Crippen molar-refractivity contribution < 1.29 is 35.8 Å². The molecule has 0 saturated heterocycles. The van der Waals surface area contributed by atoms with Gasteiger partial charge in [0, 0.05) is 3.57 Å². The van der Waals surface area contributed by atoms with Crippen LogP contribution in [0.1, 0.15) is 0 Å². The molecule has 0 unspecified atom stereocenters. The van der Waals surface area contributed by atoms with Gasteiger partial charge in [0.2, 0.25) is 0 Å². The zero-order valence-corrected chi connectivity index (χ0v) is 9.85. The molecule has 17 heavy (non-hydrogen) atoms. The van der Waals surface area contributed by atoms with E-state index in [-0.39, 0.29) is 3.57 Å². The second-order valence-corrected chi connectivity index (χ2v) is 3.93. The van der Waals surface area contributed by atoms with Crippen molar-refractivity contribution in [3.8, 4) is 11.5 Å². The highest BCUT2D eigenvalue weighted by Crippen LogP contribution is 2.36. The van der Waals surface area contributed by atoms with Gasteiger partial charge < -0.3 is 9.47 Å². The molecule has 0 saturated carbocycles. The van der Waals surface area contributed by atoms with Gasteiger partial charge in [0.1, 0.15) is 0 Å². The van der Waals surface area contributed by atoms with Crippen LogP contribution in [-0.2, 0) is 0 Å². The second-order valence-electron chi connectivity index (χ2n) is 2.69. The fraction of sp³-hybridized carbons (Fsp3) is 0.250. The predicted molar refractivity (Wildman–Crippen MR) is 52.5 cm³/mol. The number of benzene rings is 1. The molecule has 0 heterocycles. The minimum Gasteiger partial charge on any atom is -0.402 e. The van der Waals surface area contributed by atoms with Crippen molar-refractivity contribution in [3.63, 3.8) is 0 Å². The smallest absolute Gasteiger partial charge is 0.402 e. The third kappa shape index (κ3) is 5.33. The van der Waals surface area contributed by atoms with Crippen LogP contribution in [0.5, 0.6) is 11.5 Å². The molecule has 0 fully saturated rings. The summed E-state index contributed by atoms with van der Waals surface area (Å²) >= 11 is 1.63. The van der Waals surface area contributed by atoms with Crippen molar-refractivity contribution in [3.05, 3.63) is 21.8 Å². The Bertz CT molecular complexity index is 400. The Balaban J connectivity index is 3.04. The first-order valence-electron chi connectivity index (χ1n) is 3.88. The molecule has 0 aromatic heterocycles. The Labute approximate surface area is 105 Å². The van der Waals surface area contributed by atoms with Gasteiger partial charge in [-0.1, -0.05) is 0 Å². The lowest BCUT2D eigenvalue weighted by atomic mass is 10.3. The lowest BCUT2D eigenvalue weighted by molar-refractivity contribution is -0.287. The summed E-state index contributed by atoms with van der Waals surface area (Å²) in [4.78, 5) is 0. The van der Waals surface area contributed by atoms with Crippen LogP contribution in [0.15, 0.2) is 18.2 Å². The van der Waals surface area contributed by atoms with Crippen molar-refractivity contribution in [1.82, 2.24) is 0 Å². The molecule has 1 aromatic carbocycles. The summed E-state index contributed by atoms with van der Waals surface area (Å²) in [6.45, 7) is 0. The van der Waals surface area contributed by atoms with Crippen LogP contribution in [0, 0.1) is 3.57 Å². The van der Waals surface area contributed by atoms with E-state index in [4.69, 9.17) is 0 Å². The van der Waals surface area contributed by atoms with Crippen molar-refractivity contribution >= 4 is 22.6 Å². The summed E-state index contributed by atoms with van der Waals surface area (Å²) < 4.78 is 78.6. The van der Waals surface area contributed by atoms with Gasteiger partial charge in [0.05, 0.1) is 0 Å². The largest absolute Gasteiger partial charge is 0.573 e. The molecule has 0 amide bonds. The van der Waals surface area contributed by atoms with Crippen molar-refractivity contribution in [1.29, 1.82) is 0 Å². The average Bonchev–Trinajstić information content (AvgIpc) is 2.05. The van der Waals surface area contributed by atoms with Crippen LogP contribution in [0.3, 0.4) is 0 Å². The number of halogens is 7. The molecular formula is C8H3F6IO2. The van der Waals surface area contributed by atoms with E-state index in [9.17, 15) is 26.3 Å². The van der Waals surface area contributed by atoms with Gasteiger partial charge in [-0.2, -0.15) is 0 Å². The molecule has 0 atom stereocenters. The molecule has 1 aromatic rings. The van der Waals surface area contributed by atoms with Crippen LogP contribution in [0.4, 0.5) is 26.3 Å². The number of rotatable bonds is 2. The van der Waals surface area contributed by atoms with E-state index in [1.807, 2.05) is 0 Å². The Kier molecular flexibility index (Phi) is 3.99. The maximum atomic E-state index is 11.9. The molecule has 0 aliphatic heterocycles. The van der Waals surface area contributed by atoms with Crippen LogP contribution in [0.25, 0.3) is 0 Å². The van der Waals surface area contributed by atoms with Crippen LogP contribution in [0.2, 0.25) is 0 Å². The first kappa shape index (κ1) is 14.2. The topological polar surface area (TPSA) is 18.5 Å². The van der Waals surface area contributed by atoms with E-state index < -0.39 is 24.2 Å². The molecule has 1 rings (SSSR count). The maximum Gasteiger partial charge on any atom is 0.573 e.